The van der Waals surface area contributed by atoms with E-state index in [1.807, 2.05) is 4.57 Å². The number of hydrogen-bond acceptors (Lipinski definition) is 2. The Morgan fingerprint density at radius 2 is 2.16 bits per heavy atom. The van der Waals surface area contributed by atoms with Gasteiger partial charge in [-0.2, -0.15) is 0 Å². The molecule has 3 nitrogen and oxygen atoms in total. The molecule has 3 rings (SSSR count). The van der Waals surface area contributed by atoms with Crippen LogP contribution in [0.15, 0.2) is 16.6 Å². The number of fused-ring (bicyclic) bond motifs is 1. The van der Waals surface area contributed by atoms with E-state index in [1.54, 1.807) is 6.07 Å². The van der Waals surface area contributed by atoms with Crippen LogP contribution in [0, 0.1) is 17.2 Å². The van der Waals surface area contributed by atoms with Crippen LogP contribution >= 0.6 is 15.9 Å². The first-order valence-electron chi connectivity index (χ1n) is 6.54. The normalized spacial score (nSPS) is 17.3. The van der Waals surface area contributed by atoms with Gasteiger partial charge in [-0.1, -0.05) is 13.8 Å². The summed E-state index contributed by atoms with van der Waals surface area (Å²) in [4.78, 5) is 4.27. The zero-order valence-corrected chi connectivity index (χ0v) is 12.7. The maximum atomic E-state index is 13.5. The summed E-state index contributed by atoms with van der Waals surface area (Å²) < 4.78 is 16.0. The van der Waals surface area contributed by atoms with Crippen molar-refractivity contribution in [2.24, 2.45) is 11.3 Å². The minimum absolute atomic E-state index is 0.304. The summed E-state index contributed by atoms with van der Waals surface area (Å²) in [5, 5.41) is 0. The molecule has 1 aromatic heterocycles. The Bertz CT molecular complexity index is 644. The number of nitrogen functional groups attached to an aromatic ring is 1. The third-order valence-corrected chi connectivity index (χ3v) is 5.02. The van der Waals surface area contributed by atoms with Gasteiger partial charge in [0.2, 0.25) is 5.95 Å². The fourth-order valence-electron chi connectivity index (χ4n) is 2.70. The summed E-state index contributed by atoms with van der Waals surface area (Å²) in [7, 11) is 0. The monoisotopic (exact) mass is 325 g/mol. The van der Waals surface area contributed by atoms with E-state index in [0.29, 0.717) is 27.3 Å². The quantitative estimate of drug-likeness (QED) is 0.928. The highest BCUT2D eigenvalue weighted by molar-refractivity contribution is 9.10. The molecule has 5 heteroatoms. The molecule has 0 atom stereocenters. The van der Waals surface area contributed by atoms with Crippen molar-refractivity contribution in [3.8, 4) is 0 Å². The summed E-state index contributed by atoms with van der Waals surface area (Å²) in [5.41, 5.74) is 7.86. The standard InChI is InChI=1S/C14H17BrFN3/c1-8(2)14(3-4-14)7-19-12-5-9(15)10(16)6-11(12)18-13(19)17/h5-6,8H,3-4,7H2,1-2H3,(H2,17,18). The minimum Gasteiger partial charge on any atom is -0.369 e. The lowest BCUT2D eigenvalue weighted by atomic mass is 9.92. The molecule has 0 unspecified atom stereocenters. The Labute approximate surface area is 120 Å². The van der Waals surface area contributed by atoms with Crippen molar-refractivity contribution in [2.45, 2.75) is 33.2 Å². The zero-order valence-electron chi connectivity index (χ0n) is 11.1. The number of anilines is 1. The van der Waals surface area contributed by atoms with Crippen LogP contribution in [-0.2, 0) is 6.54 Å². The predicted octanol–water partition coefficient (Wildman–Crippen LogP) is 3.96. The van der Waals surface area contributed by atoms with Crippen LogP contribution in [0.1, 0.15) is 26.7 Å². The number of halogens is 2. The summed E-state index contributed by atoms with van der Waals surface area (Å²) in [6.45, 7) is 5.36. The second-order valence-corrected chi connectivity index (χ2v) is 6.68. The Balaban J connectivity index is 2.08. The SMILES string of the molecule is CC(C)C1(Cn2c(N)nc3cc(F)c(Br)cc32)CC1. The molecule has 1 aliphatic rings. The van der Waals surface area contributed by atoms with E-state index in [1.165, 1.54) is 18.9 Å². The highest BCUT2D eigenvalue weighted by atomic mass is 79.9. The van der Waals surface area contributed by atoms with E-state index in [9.17, 15) is 4.39 Å². The average Bonchev–Trinajstić information content (AvgIpc) is 3.06. The van der Waals surface area contributed by atoms with Gasteiger partial charge in [0.05, 0.1) is 15.5 Å². The molecule has 1 fully saturated rings. The molecule has 2 N–H and O–H groups in total. The number of imidazole rings is 1. The Morgan fingerprint density at radius 3 is 2.74 bits per heavy atom. The van der Waals surface area contributed by atoms with Crippen LogP contribution in [0.25, 0.3) is 11.0 Å². The molecule has 0 saturated heterocycles. The maximum Gasteiger partial charge on any atom is 0.201 e. The molecule has 0 bridgehead atoms. The first kappa shape index (κ1) is 12.9. The van der Waals surface area contributed by atoms with E-state index in [-0.39, 0.29) is 5.82 Å². The van der Waals surface area contributed by atoms with E-state index in [2.05, 4.69) is 34.8 Å². The van der Waals surface area contributed by atoms with Crippen molar-refractivity contribution in [1.29, 1.82) is 0 Å². The van der Waals surface area contributed by atoms with Gasteiger partial charge in [0.15, 0.2) is 0 Å². The maximum absolute atomic E-state index is 13.5. The van der Waals surface area contributed by atoms with Crippen LogP contribution in [0.5, 0.6) is 0 Å². The molecule has 1 aliphatic carbocycles. The number of nitrogens with zero attached hydrogens (tertiary/aromatic N) is 2. The van der Waals surface area contributed by atoms with Crippen molar-refractivity contribution < 1.29 is 4.39 Å². The highest BCUT2D eigenvalue weighted by Gasteiger charge is 2.46. The second-order valence-electron chi connectivity index (χ2n) is 5.83. The molecule has 0 amide bonds. The Morgan fingerprint density at radius 1 is 1.47 bits per heavy atom. The van der Waals surface area contributed by atoms with Crippen LogP contribution in [0.2, 0.25) is 0 Å². The fourth-order valence-corrected chi connectivity index (χ4v) is 3.03. The van der Waals surface area contributed by atoms with Gasteiger partial charge in [0, 0.05) is 12.6 Å². The first-order valence-corrected chi connectivity index (χ1v) is 7.33. The summed E-state index contributed by atoms with van der Waals surface area (Å²) >= 11 is 3.23. The number of nitrogens with two attached hydrogens (primary N) is 1. The summed E-state index contributed by atoms with van der Waals surface area (Å²) in [6.07, 6.45) is 2.46. The fraction of sp³-hybridized carbons (Fsp3) is 0.500. The average molecular weight is 326 g/mol. The molecule has 0 radical (unpaired) electrons. The third-order valence-electron chi connectivity index (χ3n) is 4.41. The van der Waals surface area contributed by atoms with Gasteiger partial charge < -0.3 is 10.3 Å². The number of aromatic nitrogens is 2. The van der Waals surface area contributed by atoms with E-state index in [0.717, 1.165) is 12.1 Å². The second kappa shape index (κ2) is 4.20. The summed E-state index contributed by atoms with van der Waals surface area (Å²) in [6, 6.07) is 3.20. The van der Waals surface area contributed by atoms with Gasteiger partial charge in [0.1, 0.15) is 5.82 Å². The molecular weight excluding hydrogens is 309 g/mol. The lowest BCUT2D eigenvalue weighted by molar-refractivity contribution is 0.314. The number of hydrogen-bond donors (Lipinski definition) is 1. The third kappa shape index (κ3) is 2.04. The van der Waals surface area contributed by atoms with Crippen molar-refractivity contribution in [2.75, 3.05) is 5.73 Å². The van der Waals surface area contributed by atoms with Crippen molar-refractivity contribution in [3.63, 3.8) is 0 Å². The smallest absolute Gasteiger partial charge is 0.201 e. The van der Waals surface area contributed by atoms with Gasteiger partial charge in [-0.05, 0) is 46.2 Å². The van der Waals surface area contributed by atoms with Gasteiger partial charge in [-0.15, -0.1) is 0 Å². The van der Waals surface area contributed by atoms with E-state index in [4.69, 9.17) is 5.73 Å². The molecular formula is C14H17BrFN3. The van der Waals surface area contributed by atoms with Crippen LogP contribution in [0.3, 0.4) is 0 Å². The molecule has 2 aromatic rings. The number of rotatable bonds is 3. The first-order chi connectivity index (χ1) is 8.93. The molecule has 0 spiro atoms. The van der Waals surface area contributed by atoms with Gasteiger partial charge in [-0.25, -0.2) is 9.37 Å². The number of benzene rings is 1. The lowest BCUT2D eigenvalue weighted by Crippen LogP contribution is -2.18. The van der Waals surface area contributed by atoms with Crippen molar-refractivity contribution >= 4 is 32.9 Å². The van der Waals surface area contributed by atoms with E-state index >= 15 is 0 Å². The van der Waals surface area contributed by atoms with Crippen LogP contribution in [-0.4, -0.2) is 9.55 Å². The van der Waals surface area contributed by atoms with Gasteiger partial charge in [0.25, 0.3) is 0 Å². The topological polar surface area (TPSA) is 43.8 Å². The molecule has 102 valence electrons. The molecule has 19 heavy (non-hydrogen) atoms. The van der Waals surface area contributed by atoms with Gasteiger partial charge in [-0.3, -0.25) is 0 Å². The molecule has 0 aliphatic heterocycles. The molecule has 1 heterocycles. The lowest BCUT2D eigenvalue weighted by Gasteiger charge is -2.21. The van der Waals surface area contributed by atoms with E-state index < -0.39 is 0 Å². The Kier molecular flexibility index (Phi) is 2.85. The zero-order chi connectivity index (χ0) is 13.8. The van der Waals surface area contributed by atoms with Crippen molar-refractivity contribution in [1.82, 2.24) is 9.55 Å². The predicted molar refractivity (Wildman–Crippen MR) is 78.3 cm³/mol. The van der Waals surface area contributed by atoms with Crippen molar-refractivity contribution in [3.05, 3.63) is 22.4 Å². The Hall–Kier alpha value is -1.10. The largest absolute Gasteiger partial charge is 0.369 e. The van der Waals surface area contributed by atoms with Gasteiger partial charge >= 0.3 is 0 Å². The highest BCUT2D eigenvalue weighted by Crippen LogP contribution is 2.53. The van der Waals surface area contributed by atoms with Crippen LogP contribution < -0.4 is 5.73 Å². The molecule has 1 saturated carbocycles. The molecule has 1 aromatic carbocycles. The van der Waals surface area contributed by atoms with Crippen LogP contribution in [0.4, 0.5) is 10.3 Å². The minimum atomic E-state index is -0.304. The summed E-state index contributed by atoms with van der Waals surface area (Å²) in [5.74, 6) is 0.787.